The van der Waals surface area contributed by atoms with Crippen LogP contribution in [0.3, 0.4) is 0 Å². The van der Waals surface area contributed by atoms with Gasteiger partial charge in [-0.1, -0.05) is 25.1 Å². The third-order valence-electron chi connectivity index (χ3n) is 3.94. The molecule has 6 heteroatoms. The topological polar surface area (TPSA) is 58.1 Å². The number of unbranched alkanes of at least 4 members (excludes halogenated alkanes) is 1. The first-order valence-electron chi connectivity index (χ1n) is 8.10. The van der Waals surface area contributed by atoms with Crippen LogP contribution in [0.1, 0.15) is 38.2 Å². The Bertz CT molecular complexity index is 466. The van der Waals surface area contributed by atoms with E-state index < -0.39 is 0 Å². The molecule has 0 radical (unpaired) electrons. The number of aromatic nitrogens is 2. The number of thioether (sulfide) groups is 1. The lowest BCUT2D eigenvalue weighted by molar-refractivity contribution is -0.126. The molecule has 0 saturated carbocycles. The molecule has 0 aromatic carbocycles. The molecule has 0 bridgehead atoms. The quantitative estimate of drug-likeness (QED) is 0.474. The second kappa shape index (κ2) is 9.10. The van der Waals surface area contributed by atoms with E-state index in [1.54, 1.807) is 18.8 Å². The molecule has 1 atom stereocenters. The molecule has 1 fully saturated rings. The summed E-state index contributed by atoms with van der Waals surface area (Å²) in [5, 5.41) is 3.62. The Kier molecular flexibility index (Phi) is 7.12. The van der Waals surface area contributed by atoms with E-state index in [2.05, 4.69) is 27.1 Å². The summed E-state index contributed by atoms with van der Waals surface area (Å²) >= 11 is 1.72. The maximum absolute atomic E-state index is 11.8. The Hall–Kier alpha value is -1.14. The first-order chi connectivity index (χ1) is 10.7. The van der Waals surface area contributed by atoms with Gasteiger partial charge in [-0.2, -0.15) is 0 Å². The number of amides is 1. The first kappa shape index (κ1) is 17.2. The fourth-order valence-electron chi connectivity index (χ4n) is 2.68. The maximum Gasteiger partial charge on any atom is 0.224 e. The zero-order valence-corrected chi connectivity index (χ0v) is 14.4. The van der Waals surface area contributed by atoms with Crippen molar-refractivity contribution >= 4 is 17.7 Å². The fourth-order valence-corrected chi connectivity index (χ4v) is 3.55. The molecule has 2 rings (SSSR count). The third-order valence-corrected chi connectivity index (χ3v) is 4.90. The molecule has 22 heavy (non-hydrogen) atoms. The molecule has 1 aliphatic heterocycles. The van der Waals surface area contributed by atoms with Gasteiger partial charge in [-0.15, -0.1) is 0 Å². The number of nitrogens with one attached hydrogen (secondary N) is 1. The summed E-state index contributed by atoms with van der Waals surface area (Å²) in [6, 6.07) is 0. The van der Waals surface area contributed by atoms with Crippen LogP contribution in [0, 0.1) is 5.92 Å². The van der Waals surface area contributed by atoms with E-state index in [4.69, 9.17) is 0 Å². The number of hydrogen-bond donors (Lipinski definition) is 1. The zero-order valence-electron chi connectivity index (χ0n) is 13.5. The lowest BCUT2D eigenvalue weighted by Crippen LogP contribution is -2.41. The van der Waals surface area contributed by atoms with Gasteiger partial charge in [0.2, 0.25) is 5.91 Å². The molecule has 2 heterocycles. The largest absolute Gasteiger partial charge is 0.359 e. The number of piperidine rings is 1. The van der Waals surface area contributed by atoms with Crippen LogP contribution in [0.2, 0.25) is 0 Å². The summed E-state index contributed by atoms with van der Waals surface area (Å²) < 4.78 is 0. The van der Waals surface area contributed by atoms with Gasteiger partial charge < -0.3 is 5.32 Å². The molecule has 5 nitrogen and oxygen atoms in total. The van der Waals surface area contributed by atoms with E-state index in [-0.39, 0.29) is 11.8 Å². The van der Waals surface area contributed by atoms with Crippen molar-refractivity contribution in [1.82, 2.24) is 20.2 Å². The Balaban J connectivity index is 1.83. The van der Waals surface area contributed by atoms with Gasteiger partial charge in [-0.3, -0.25) is 9.69 Å². The van der Waals surface area contributed by atoms with Crippen molar-refractivity contribution in [3.8, 4) is 0 Å². The van der Waals surface area contributed by atoms with Gasteiger partial charge >= 0.3 is 0 Å². The summed E-state index contributed by atoms with van der Waals surface area (Å²) in [6.07, 6.45) is 8.30. The van der Waals surface area contributed by atoms with Crippen LogP contribution < -0.4 is 5.32 Å². The number of nitrogens with zero attached hydrogens (tertiary/aromatic N) is 3. The van der Waals surface area contributed by atoms with Crippen molar-refractivity contribution in [2.24, 2.45) is 5.92 Å². The molecule has 0 unspecified atom stereocenters. The van der Waals surface area contributed by atoms with Crippen molar-refractivity contribution in [2.75, 3.05) is 25.9 Å². The highest BCUT2D eigenvalue weighted by molar-refractivity contribution is 7.99. The van der Waals surface area contributed by atoms with E-state index in [0.717, 1.165) is 48.9 Å². The monoisotopic (exact) mass is 322 g/mol. The van der Waals surface area contributed by atoms with Gasteiger partial charge in [0, 0.05) is 43.8 Å². The highest BCUT2D eigenvalue weighted by Crippen LogP contribution is 2.19. The van der Waals surface area contributed by atoms with Crippen molar-refractivity contribution in [1.29, 1.82) is 0 Å². The van der Waals surface area contributed by atoms with Crippen molar-refractivity contribution in [3.05, 3.63) is 18.0 Å². The number of carbonyl (C=O) groups is 1. The number of likely N-dealkylation sites (tertiary alicyclic amines) is 1. The van der Waals surface area contributed by atoms with Gasteiger partial charge in [0.15, 0.2) is 5.16 Å². The van der Waals surface area contributed by atoms with Gasteiger partial charge in [0.05, 0.1) is 5.92 Å². The van der Waals surface area contributed by atoms with Crippen LogP contribution in [-0.2, 0) is 11.3 Å². The molecule has 1 aliphatic rings. The smallest absolute Gasteiger partial charge is 0.224 e. The molecule has 0 spiro atoms. The molecule has 1 N–H and O–H groups in total. The lowest BCUT2D eigenvalue weighted by atomic mass is 9.97. The van der Waals surface area contributed by atoms with Gasteiger partial charge in [0.1, 0.15) is 0 Å². The predicted molar refractivity (Wildman–Crippen MR) is 89.7 cm³/mol. The Morgan fingerprint density at radius 3 is 2.91 bits per heavy atom. The number of carbonyl (C=O) groups excluding carboxylic acids is 1. The molecular formula is C16H26N4OS. The highest BCUT2D eigenvalue weighted by Gasteiger charge is 2.24. The van der Waals surface area contributed by atoms with Crippen LogP contribution in [-0.4, -0.2) is 46.7 Å². The van der Waals surface area contributed by atoms with Gasteiger partial charge in [-0.25, -0.2) is 9.97 Å². The lowest BCUT2D eigenvalue weighted by Gasteiger charge is -2.31. The van der Waals surface area contributed by atoms with Crippen molar-refractivity contribution < 1.29 is 4.79 Å². The Morgan fingerprint density at radius 1 is 1.45 bits per heavy atom. The number of hydrogen-bond acceptors (Lipinski definition) is 5. The molecule has 122 valence electrons. The van der Waals surface area contributed by atoms with Gasteiger partial charge in [-0.05, 0) is 25.8 Å². The minimum absolute atomic E-state index is 0.114. The molecule has 1 amide bonds. The van der Waals surface area contributed by atoms with Crippen LogP contribution in [0.5, 0.6) is 0 Å². The first-order valence-corrected chi connectivity index (χ1v) is 9.09. The van der Waals surface area contributed by atoms with Crippen LogP contribution in [0.4, 0.5) is 0 Å². The normalized spacial score (nSPS) is 19.1. The summed E-state index contributed by atoms with van der Waals surface area (Å²) in [4.78, 5) is 23.0. The average Bonchev–Trinajstić information content (AvgIpc) is 2.56. The van der Waals surface area contributed by atoms with E-state index in [1.807, 2.05) is 12.4 Å². The van der Waals surface area contributed by atoms with Crippen molar-refractivity contribution in [2.45, 2.75) is 44.3 Å². The zero-order chi connectivity index (χ0) is 15.8. The number of rotatable bonds is 7. The molecule has 0 aliphatic carbocycles. The SMILES string of the molecule is CCCCSc1ncc(CN2CCC[C@H](C(=O)NC)C2)cn1. The summed E-state index contributed by atoms with van der Waals surface area (Å²) in [5.41, 5.74) is 1.12. The fraction of sp³-hybridized carbons (Fsp3) is 0.688. The Labute approximate surface area is 137 Å². The third kappa shape index (κ3) is 5.25. The molecule has 1 saturated heterocycles. The second-order valence-corrected chi connectivity index (χ2v) is 6.83. The van der Waals surface area contributed by atoms with Crippen LogP contribution in [0.15, 0.2) is 17.6 Å². The summed E-state index contributed by atoms with van der Waals surface area (Å²) in [6.45, 7) is 4.88. The molecule has 1 aromatic heterocycles. The molecular weight excluding hydrogens is 296 g/mol. The van der Waals surface area contributed by atoms with Crippen molar-refractivity contribution in [3.63, 3.8) is 0 Å². The van der Waals surface area contributed by atoms with E-state index >= 15 is 0 Å². The van der Waals surface area contributed by atoms with Crippen LogP contribution >= 0.6 is 11.8 Å². The molecule has 1 aromatic rings. The summed E-state index contributed by atoms with van der Waals surface area (Å²) in [7, 11) is 1.71. The minimum atomic E-state index is 0.114. The van der Waals surface area contributed by atoms with E-state index in [1.165, 1.54) is 12.8 Å². The van der Waals surface area contributed by atoms with E-state index in [0.29, 0.717) is 0 Å². The Morgan fingerprint density at radius 2 is 2.23 bits per heavy atom. The van der Waals surface area contributed by atoms with Crippen LogP contribution in [0.25, 0.3) is 0 Å². The van der Waals surface area contributed by atoms with E-state index in [9.17, 15) is 4.79 Å². The summed E-state index contributed by atoms with van der Waals surface area (Å²) in [5.74, 6) is 1.35. The highest BCUT2D eigenvalue weighted by atomic mass is 32.2. The maximum atomic E-state index is 11.8. The standard InChI is InChI=1S/C16H26N4OS/c1-3-4-8-22-16-18-9-13(10-19-16)11-20-7-5-6-14(12-20)15(21)17-2/h9-10,14H,3-8,11-12H2,1-2H3,(H,17,21)/t14-/m0/s1. The minimum Gasteiger partial charge on any atom is -0.359 e. The average molecular weight is 322 g/mol. The van der Waals surface area contributed by atoms with Gasteiger partial charge in [0.25, 0.3) is 0 Å². The second-order valence-electron chi connectivity index (χ2n) is 5.76. The predicted octanol–water partition coefficient (Wildman–Crippen LogP) is 2.33.